The van der Waals surface area contributed by atoms with E-state index in [4.69, 9.17) is 27.2 Å². The van der Waals surface area contributed by atoms with Crippen LogP contribution in [0.1, 0.15) is 74.6 Å². The van der Waals surface area contributed by atoms with Crippen LogP contribution in [0, 0.1) is 11.8 Å². The zero-order valence-corrected chi connectivity index (χ0v) is 30.9. The molecule has 4 unspecified atom stereocenters. The van der Waals surface area contributed by atoms with Gasteiger partial charge in [-0.3, -0.25) is 0 Å². The Balaban J connectivity index is 1.41. The monoisotopic (exact) mass is 684 g/mol. The fraction of sp³-hybridized carbons (Fsp3) is 0.429. The molecule has 0 aliphatic heterocycles. The Morgan fingerprint density at radius 1 is 0.429 bits per heavy atom. The summed E-state index contributed by atoms with van der Waals surface area (Å²) in [4.78, 5) is 0. The largest absolute Gasteiger partial charge is 0.679 e. The molecule has 7 heteroatoms. The number of ether oxygens (including phenoxy) is 2. The molecule has 49 heavy (non-hydrogen) atoms. The maximum atomic E-state index is 6.66. The number of hydrogen-bond acceptors (Lipinski definition) is 6. The van der Waals surface area contributed by atoms with Crippen molar-refractivity contribution < 1.29 is 27.2 Å². The molecule has 0 aliphatic carbocycles. The second-order valence-electron chi connectivity index (χ2n) is 13.2. The molecule has 6 nitrogen and oxygen atoms in total. The van der Waals surface area contributed by atoms with Gasteiger partial charge < -0.3 is 27.2 Å². The Morgan fingerprint density at radius 2 is 0.776 bits per heavy atom. The Bertz CT molecular complexity index is 1280. The van der Waals surface area contributed by atoms with E-state index in [0.717, 1.165) is 24.0 Å². The van der Waals surface area contributed by atoms with Crippen LogP contribution in [0.2, 0.25) is 0 Å². The summed E-state index contributed by atoms with van der Waals surface area (Å²) in [6.45, 7) is 12.3. The highest BCUT2D eigenvalue weighted by Crippen LogP contribution is 2.27. The molecule has 0 N–H and O–H groups in total. The van der Waals surface area contributed by atoms with Gasteiger partial charge in [0.25, 0.3) is 0 Å². The summed E-state index contributed by atoms with van der Waals surface area (Å²) in [5.41, 5.74) is 4.89. The molecule has 0 saturated carbocycles. The minimum atomic E-state index is -3.60. The molecule has 264 valence electrons. The van der Waals surface area contributed by atoms with Gasteiger partial charge in [-0.1, -0.05) is 149 Å². The van der Waals surface area contributed by atoms with Gasteiger partial charge in [0.15, 0.2) is 0 Å². The van der Waals surface area contributed by atoms with Gasteiger partial charge >= 0.3 is 9.05 Å². The summed E-state index contributed by atoms with van der Waals surface area (Å²) >= 11 is 0. The highest BCUT2D eigenvalue weighted by molar-refractivity contribution is 6.53. The molecule has 4 rings (SSSR count). The van der Waals surface area contributed by atoms with Crippen molar-refractivity contribution in [2.45, 2.75) is 65.6 Å². The van der Waals surface area contributed by atoms with Crippen molar-refractivity contribution in [3.05, 3.63) is 144 Å². The van der Waals surface area contributed by atoms with Crippen LogP contribution in [-0.2, 0) is 40.4 Å². The van der Waals surface area contributed by atoms with Crippen LogP contribution in [0.15, 0.2) is 121 Å². The van der Waals surface area contributed by atoms with Crippen LogP contribution < -0.4 is 0 Å². The number of benzene rings is 4. The lowest BCUT2D eigenvalue weighted by Gasteiger charge is -2.31. The maximum Gasteiger partial charge on any atom is 0.679 e. The minimum absolute atomic E-state index is 0.261. The maximum absolute atomic E-state index is 6.66. The van der Waals surface area contributed by atoms with Gasteiger partial charge in [0.2, 0.25) is 0 Å². The summed E-state index contributed by atoms with van der Waals surface area (Å²) in [7, 11) is -3.60. The SMILES string of the molecule is CC(CO[Si](OCCOCc1ccccc1)(OCCOCc1ccccc1)OCC(C)CC(C)c1ccccc1)CC(C)c1ccccc1. The van der Waals surface area contributed by atoms with Gasteiger partial charge in [-0.25, -0.2) is 0 Å². The fourth-order valence-corrected chi connectivity index (χ4v) is 8.04. The molecule has 4 atom stereocenters. The predicted octanol–water partition coefficient (Wildman–Crippen LogP) is 9.58. The molecule has 0 saturated heterocycles. The van der Waals surface area contributed by atoms with E-state index in [0.29, 0.717) is 64.7 Å². The van der Waals surface area contributed by atoms with Gasteiger partial charge in [-0.15, -0.1) is 0 Å². The zero-order valence-electron chi connectivity index (χ0n) is 29.9. The average Bonchev–Trinajstić information content (AvgIpc) is 3.14. The topological polar surface area (TPSA) is 55.4 Å². The summed E-state index contributed by atoms with van der Waals surface area (Å²) in [6.07, 6.45) is 1.94. The molecule has 0 radical (unpaired) electrons. The smallest absolute Gasteiger partial charge is 0.374 e. The van der Waals surface area contributed by atoms with E-state index in [1.807, 2.05) is 36.4 Å². The fourth-order valence-electron chi connectivity index (χ4n) is 5.90. The van der Waals surface area contributed by atoms with E-state index in [2.05, 4.69) is 113 Å². The second kappa shape index (κ2) is 21.8. The average molecular weight is 685 g/mol. The van der Waals surface area contributed by atoms with Crippen LogP contribution in [0.25, 0.3) is 0 Å². The first-order valence-corrected chi connectivity index (χ1v) is 19.4. The molecule has 0 fully saturated rings. The molecule has 4 aromatic carbocycles. The predicted molar refractivity (Wildman–Crippen MR) is 199 cm³/mol. The summed E-state index contributed by atoms with van der Waals surface area (Å²) in [6, 6.07) is 41.6. The Labute approximate surface area is 296 Å². The molecule has 0 spiro atoms. The highest BCUT2D eigenvalue weighted by atomic mass is 28.4. The van der Waals surface area contributed by atoms with E-state index in [9.17, 15) is 0 Å². The first kappa shape index (κ1) is 38.7. The van der Waals surface area contributed by atoms with E-state index in [1.165, 1.54) is 11.1 Å². The third kappa shape index (κ3) is 14.7. The summed E-state index contributed by atoms with van der Waals surface area (Å²) in [5.74, 6) is 1.32. The van der Waals surface area contributed by atoms with Gasteiger partial charge in [0.05, 0.1) is 39.6 Å². The van der Waals surface area contributed by atoms with E-state index in [1.54, 1.807) is 0 Å². The van der Waals surface area contributed by atoms with Gasteiger partial charge in [0, 0.05) is 13.2 Å². The van der Waals surface area contributed by atoms with Crippen LogP contribution in [0.5, 0.6) is 0 Å². The quantitative estimate of drug-likeness (QED) is 0.0541. The highest BCUT2D eigenvalue weighted by Gasteiger charge is 2.46. The van der Waals surface area contributed by atoms with Crippen LogP contribution in [-0.4, -0.2) is 48.7 Å². The third-order valence-electron chi connectivity index (χ3n) is 8.57. The standard InChI is InChI=1S/C42H56O6Si/c1-35(29-37(3)41-21-13-7-14-22-41)31-47-49(45-27-25-43-33-39-17-9-5-10-18-39,46-28-26-44-34-40-19-11-6-12-20-40)48-32-36(2)30-38(4)42-23-15-8-16-24-42/h5-24,35-38H,25-34H2,1-4H3. The summed E-state index contributed by atoms with van der Waals surface area (Å²) in [5, 5.41) is 0. The first-order valence-electron chi connectivity index (χ1n) is 17.8. The van der Waals surface area contributed by atoms with Crippen molar-refractivity contribution in [3.8, 4) is 0 Å². The molecule has 0 heterocycles. The van der Waals surface area contributed by atoms with Gasteiger partial charge in [0.1, 0.15) is 0 Å². The minimum Gasteiger partial charge on any atom is -0.374 e. The van der Waals surface area contributed by atoms with Crippen molar-refractivity contribution in [2.75, 3.05) is 39.6 Å². The van der Waals surface area contributed by atoms with Crippen LogP contribution >= 0.6 is 0 Å². The number of rotatable bonds is 24. The Morgan fingerprint density at radius 3 is 1.14 bits per heavy atom. The van der Waals surface area contributed by atoms with E-state index < -0.39 is 9.05 Å². The van der Waals surface area contributed by atoms with Crippen molar-refractivity contribution in [1.82, 2.24) is 0 Å². The van der Waals surface area contributed by atoms with E-state index in [-0.39, 0.29) is 11.8 Å². The third-order valence-corrected chi connectivity index (χ3v) is 10.7. The molecular weight excluding hydrogens is 629 g/mol. The molecule has 0 bridgehead atoms. The van der Waals surface area contributed by atoms with Gasteiger partial charge in [-0.05, 0) is 58.8 Å². The van der Waals surface area contributed by atoms with Crippen molar-refractivity contribution in [2.24, 2.45) is 11.8 Å². The Kier molecular flexibility index (Phi) is 17.2. The van der Waals surface area contributed by atoms with Crippen LogP contribution in [0.3, 0.4) is 0 Å². The van der Waals surface area contributed by atoms with Gasteiger partial charge in [-0.2, -0.15) is 0 Å². The normalized spacial score (nSPS) is 14.3. The number of hydrogen-bond donors (Lipinski definition) is 0. The molecule has 0 aliphatic rings. The molecular formula is C42H56O6Si. The summed E-state index contributed by atoms with van der Waals surface area (Å²) < 4.78 is 38.3. The first-order chi connectivity index (χ1) is 23.9. The second-order valence-corrected chi connectivity index (χ2v) is 15.4. The van der Waals surface area contributed by atoms with Crippen molar-refractivity contribution in [3.63, 3.8) is 0 Å². The lowest BCUT2D eigenvalue weighted by Crippen LogP contribution is -2.52. The van der Waals surface area contributed by atoms with Crippen molar-refractivity contribution >= 4 is 9.05 Å². The van der Waals surface area contributed by atoms with E-state index >= 15 is 0 Å². The zero-order chi connectivity index (χ0) is 34.6. The lowest BCUT2D eigenvalue weighted by molar-refractivity contribution is -0.0654. The molecule has 4 aromatic rings. The van der Waals surface area contributed by atoms with Crippen LogP contribution in [0.4, 0.5) is 0 Å². The molecule has 0 amide bonds. The lowest BCUT2D eigenvalue weighted by atomic mass is 9.92. The molecule has 0 aromatic heterocycles. The Hall–Kier alpha value is -3.14. The van der Waals surface area contributed by atoms with Crippen molar-refractivity contribution in [1.29, 1.82) is 0 Å².